The summed E-state index contributed by atoms with van der Waals surface area (Å²) in [5.74, 6) is 1.41. The minimum absolute atomic E-state index is 0.102. The van der Waals surface area contributed by atoms with Gasteiger partial charge in [-0.1, -0.05) is 17.7 Å². The predicted molar refractivity (Wildman–Crippen MR) is 136 cm³/mol. The van der Waals surface area contributed by atoms with Crippen molar-refractivity contribution in [2.24, 2.45) is 12.0 Å². The van der Waals surface area contributed by atoms with Crippen molar-refractivity contribution >= 4 is 45.8 Å². The van der Waals surface area contributed by atoms with Gasteiger partial charge in [-0.2, -0.15) is 5.10 Å². The van der Waals surface area contributed by atoms with Crippen molar-refractivity contribution < 1.29 is 4.79 Å². The van der Waals surface area contributed by atoms with E-state index >= 15 is 0 Å². The van der Waals surface area contributed by atoms with E-state index in [0.29, 0.717) is 22.1 Å². The lowest BCUT2D eigenvalue weighted by Crippen LogP contribution is -2.21. The normalized spacial score (nSPS) is 13.2. The number of carbonyl (C=O) groups excluding carboxylic acids is 1. The number of pyridine rings is 1. The van der Waals surface area contributed by atoms with Gasteiger partial charge in [-0.15, -0.1) is 0 Å². The third kappa shape index (κ3) is 4.08. The summed E-state index contributed by atoms with van der Waals surface area (Å²) in [6, 6.07) is 9.28. The average Bonchev–Trinajstić information content (AvgIpc) is 3.43. The molecule has 8 nitrogen and oxygen atoms in total. The molecule has 0 saturated heterocycles. The van der Waals surface area contributed by atoms with Crippen LogP contribution in [0.15, 0.2) is 66.1 Å². The van der Waals surface area contributed by atoms with Crippen LogP contribution in [0.4, 0.5) is 11.5 Å². The quantitative estimate of drug-likeness (QED) is 0.464. The second kappa shape index (κ2) is 8.79. The number of aryl methyl sites for hydroxylation is 1. The van der Waals surface area contributed by atoms with Gasteiger partial charge in [0.25, 0.3) is 5.91 Å². The van der Waals surface area contributed by atoms with Crippen LogP contribution in [0.3, 0.4) is 0 Å². The number of hydrogen-bond acceptors (Lipinski definition) is 5. The molecule has 5 rings (SSSR count). The van der Waals surface area contributed by atoms with Gasteiger partial charge >= 0.3 is 0 Å². The van der Waals surface area contributed by atoms with Crippen LogP contribution in [0.1, 0.15) is 16.8 Å². The van der Waals surface area contributed by atoms with Gasteiger partial charge in [0.2, 0.25) is 0 Å². The molecule has 172 valence electrons. The number of hydrogen-bond donors (Lipinski definition) is 1. The summed E-state index contributed by atoms with van der Waals surface area (Å²) in [7, 11) is 5.32. The highest BCUT2D eigenvalue weighted by atomic mass is 35.5. The van der Waals surface area contributed by atoms with Crippen LogP contribution >= 0.6 is 11.6 Å². The van der Waals surface area contributed by atoms with Crippen molar-refractivity contribution in [3.63, 3.8) is 0 Å². The molecule has 0 atom stereocenters. The lowest BCUT2D eigenvalue weighted by Gasteiger charge is -2.14. The summed E-state index contributed by atoms with van der Waals surface area (Å²) in [6.45, 7) is 0.752. The van der Waals surface area contributed by atoms with Crippen LogP contribution in [0.2, 0.25) is 5.02 Å². The van der Waals surface area contributed by atoms with E-state index in [1.807, 2.05) is 37.8 Å². The number of rotatable bonds is 4. The van der Waals surface area contributed by atoms with Gasteiger partial charge in [0, 0.05) is 62.7 Å². The largest absolute Gasteiger partial charge is 0.345 e. The molecular formula is C25H24ClN7O. The summed E-state index contributed by atoms with van der Waals surface area (Å²) in [5.41, 5.74) is 4.17. The zero-order valence-corrected chi connectivity index (χ0v) is 19.9. The number of halogens is 1. The highest BCUT2D eigenvalue weighted by molar-refractivity contribution is 6.33. The minimum atomic E-state index is -0.102. The molecular weight excluding hydrogens is 450 g/mol. The molecule has 9 heteroatoms. The van der Waals surface area contributed by atoms with Crippen LogP contribution < -0.4 is 5.32 Å². The molecule has 3 aromatic heterocycles. The van der Waals surface area contributed by atoms with E-state index in [1.165, 1.54) is 4.90 Å². The van der Waals surface area contributed by atoms with Gasteiger partial charge in [-0.3, -0.25) is 19.0 Å². The summed E-state index contributed by atoms with van der Waals surface area (Å²) in [6.07, 6.45) is 10.8. The molecule has 4 heterocycles. The second-order valence-electron chi connectivity index (χ2n) is 8.35. The maximum Gasteiger partial charge on any atom is 0.253 e. The molecule has 1 aliphatic heterocycles. The van der Waals surface area contributed by atoms with E-state index in [-0.39, 0.29) is 5.91 Å². The van der Waals surface area contributed by atoms with E-state index in [1.54, 1.807) is 37.0 Å². The van der Waals surface area contributed by atoms with Crippen molar-refractivity contribution in [2.45, 2.75) is 6.42 Å². The molecule has 0 fully saturated rings. The monoisotopic (exact) mass is 473 g/mol. The number of anilines is 2. The Morgan fingerprint density at radius 3 is 2.71 bits per heavy atom. The Balaban J connectivity index is 1.56. The first-order chi connectivity index (χ1) is 16.4. The van der Waals surface area contributed by atoms with Crippen molar-refractivity contribution in [3.8, 4) is 11.3 Å². The van der Waals surface area contributed by atoms with Crippen molar-refractivity contribution in [3.05, 3.63) is 71.7 Å². The summed E-state index contributed by atoms with van der Waals surface area (Å²) in [4.78, 5) is 23.1. The Morgan fingerprint density at radius 1 is 1.18 bits per heavy atom. The van der Waals surface area contributed by atoms with Crippen LogP contribution in [-0.4, -0.2) is 56.6 Å². The van der Waals surface area contributed by atoms with Crippen LogP contribution in [-0.2, 0) is 7.05 Å². The molecule has 1 aromatic carbocycles. The molecule has 4 aromatic rings. The Morgan fingerprint density at radius 2 is 2.03 bits per heavy atom. The maximum atomic E-state index is 12.2. The molecule has 1 N–H and O–H groups in total. The number of benzene rings is 1. The molecule has 0 radical (unpaired) electrons. The first-order valence-corrected chi connectivity index (χ1v) is 11.3. The van der Waals surface area contributed by atoms with Crippen molar-refractivity contribution in [1.29, 1.82) is 0 Å². The van der Waals surface area contributed by atoms with Gasteiger partial charge in [0.05, 0.1) is 28.1 Å². The fourth-order valence-corrected chi connectivity index (χ4v) is 4.20. The van der Waals surface area contributed by atoms with Gasteiger partial charge < -0.3 is 10.2 Å². The summed E-state index contributed by atoms with van der Waals surface area (Å²) >= 11 is 6.48. The lowest BCUT2D eigenvalue weighted by atomic mass is 10.2. The number of nitrogens with zero attached hydrogens (tertiary/aromatic N) is 6. The third-order valence-corrected chi connectivity index (χ3v) is 5.95. The third-order valence-electron chi connectivity index (χ3n) is 5.64. The van der Waals surface area contributed by atoms with Crippen LogP contribution in [0.25, 0.3) is 22.2 Å². The molecule has 34 heavy (non-hydrogen) atoms. The number of dihydropyridines is 1. The lowest BCUT2D eigenvalue weighted by molar-refractivity contribution is 0.0827. The smallest absolute Gasteiger partial charge is 0.253 e. The Hall–Kier alpha value is -3.91. The fraction of sp³-hybridized carbons (Fsp3) is 0.200. The highest BCUT2D eigenvalue weighted by Crippen LogP contribution is 2.32. The Kier molecular flexibility index (Phi) is 5.67. The van der Waals surface area contributed by atoms with Gasteiger partial charge in [-0.25, -0.2) is 4.98 Å². The summed E-state index contributed by atoms with van der Waals surface area (Å²) in [5, 5.41) is 9.06. The number of carbonyl (C=O) groups is 1. The SMILES string of the molecule is CN(C)C(=O)c1ccc(Nc2cc3c(cn2)cc(-c2cnn(C)c2)n3C2=NCCC=C2)c(Cl)c1. The molecule has 1 aliphatic rings. The zero-order chi connectivity index (χ0) is 23.8. The fourth-order valence-electron chi connectivity index (χ4n) is 3.97. The number of aromatic nitrogens is 4. The van der Waals surface area contributed by atoms with E-state index in [4.69, 9.17) is 16.6 Å². The molecule has 0 saturated carbocycles. The minimum Gasteiger partial charge on any atom is -0.345 e. The molecule has 0 spiro atoms. The first-order valence-electron chi connectivity index (χ1n) is 10.9. The Labute approximate surface area is 202 Å². The Bertz CT molecular complexity index is 1460. The average molecular weight is 474 g/mol. The van der Waals surface area contributed by atoms with E-state index in [9.17, 15) is 4.79 Å². The van der Waals surface area contributed by atoms with Gasteiger partial charge in [0.1, 0.15) is 11.7 Å². The molecule has 0 unspecified atom stereocenters. The zero-order valence-electron chi connectivity index (χ0n) is 19.2. The van der Waals surface area contributed by atoms with E-state index in [2.05, 4.69) is 32.1 Å². The standard InChI is InChI=1S/C25H24ClN7O/c1-31(2)25(34)16-7-8-20(19(26)10-16)30-23-12-22-17(13-28-23)11-21(18-14-29-32(3)15-18)33(22)24-6-4-5-9-27-24/h4,6-8,10-15H,5,9H2,1-3H3,(H,28,30). The van der Waals surface area contributed by atoms with Crippen LogP contribution in [0.5, 0.6) is 0 Å². The van der Waals surface area contributed by atoms with Gasteiger partial charge in [-0.05, 0) is 36.8 Å². The molecule has 0 bridgehead atoms. The predicted octanol–water partition coefficient (Wildman–Crippen LogP) is 4.74. The highest BCUT2D eigenvalue weighted by Gasteiger charge is 2.17. The van der Waals surface area contributed by atoms with E-state index < -0.39 is 0 Å². The van der Waals surface area contributed by atoms with Crippen molar-refractivity contribution in [1.82, 2.24) is 24.2 Å². The van der Waals surface area contributed by atoms with Crippen molar-refractivity contribution in [2.75, 3.05) is 26.0 Å². The topological polar surface area (TPSA) is 80.3 Å². The molecule has 0 aliphatic carbocycles. The number of allylic oxidation sites excluding steroid dienone is 1. The maximum absolute atomic E-state index is 12.2. The van der Waals surface area contributed by atoms with E-state index in [0.717, 1.165) is 41.0 Å². The molecule has 1 amide bonds. The number of aliphatic imine (C=N–C) groups is 1. The number of amides is 1. The second-order valence-corrected chi connectivity index (χ2v) is 8.75. The number of nitrogens with one attached hydrogen (secondary N) is 1. The first kappa shape index (κ1) is 21.9. The summed E-state index contributed by atoms with van der Waals surface area (Å²) < 4.78 is 3.92. The van der Waals surface area contributed by atoms with Gasteiger partial charge in [0.15, 0.2) is 0 Å². The number of fused-ring (bicyclic) bond motifs is 1. The van der Waals surface area contributed by atoms with Crippen LogP contribution in [0, 0.1) is 0 Å².